The number of hydrogen-bond acceptors (Lipinski definition) is 15. The number of hydrogen-bond donors (Lipinski definition) is 5. The molecule has 2 heterocycles. The first kappa shape index (κ1) is 33.3. The largest absolute Gasteiger partial charge is 0.505 e. The van der Waals surface area contributed by atoms with Crippen LogP contribution in [0, 0.1) is 6.92 Å². The number of benzene rings is 3. The molecule has 1 saturated heterocycles. The molecule has 0 spiro atoms. The molecule has 0 atom stereocenters. The molecular formula is C24H22ClN7O11S3. The van der Waals surface area contributed by atoms with Gasteiger partial charge >= 0.3 is 0 Å². The van der Waals surface area contributed by atoms with E-state index in [1.165, 1.54) is 13.0 Å². The van der Waals surface area contributed by atoms with Crippen molar-refractivity contribution in [3.8, 4) is 5.75 Å². The van der Waals surface area contributed by atoms with Crippen molar-refractivity contribution in [2.75, 3.05) is 36.5 Å². The van der Waals surface area contributed by atoms with E-state index in [1.807, 2.05) is 0 Å². The zero-order chi connectivity index (χ0) is 33.6. The van der Waals surface area contributed by atoms with Crippen LogP contribution in [0.25, 0.3) is 10.8 Å². The minimum atomic E-state index is -5.22. The highest BCUT2D eigenvalue weighted by molar-refractivity contribution is 7.86. The Morgan fingerprint density at radius 1 is 0.870 bits per heavy atom. The Morgan fingerprint density at radius 3 is 2.17 bits per heavy atom. The third-order valence-corrected chi connectivity index (χ3v) is 9.24. The highest BCUT2D eigenvalue weighted by atomic mass is 35.5. The molecule has 18 nitrogen and oxygen atoms in total. The summed E-state index contributed by atoms with van der Waals surface area (Å²) in [5, 5.41) is 20.5. The lowest BCUT2D eigenvalue weighted by atomic mass is 10.1. The average molecular weight is 716 g/mol. The lowest BCUT2D eigenvalue weighted by Gasteiger charge is -2.26. The summed E-state index contributed by atoms with van der Waals surface area (Å²) in [6, 6.07) is 6.04. The lowest BCUT2D eigenvalue weighted by molar-refractivity contribution is 0.122. The Kier molecular flexibility index (Phi) is 8.87. The maximum Gasteiger partial charge on any atom is 0.296 e. The summed E-state index contributed by atoms with van der Waals surface area (Å²) in [7, 11) is -15.0. The number of morpholine rings is 1. The Bertz CT molecular complexity index is 2250. The van der Waals surface area contributed by atoms with Crippen LogP contribution in [0.5, 0.6) is 5.75 Å². The Hall–Kier alpha value is -4.09. The fraction of sp³-hybridized carbons (Fsp3) is 0.208. The molecule has 0 aliphatic carbocycles. The number of aryl methyl sites for hydroxylation is 1. The van der Waals surface area contributed by atoms with Crippen molar-refractivity contribution >= 4 is 81.7 Å². The topological polar surface area (TPSA) is 271 Å². The molecule has 0 bridgehead atoms. The van der Waals surface area contributed by atoms with E-state index in [9.17, 15) is 44.0 Å². The van der Waals surface area contributed by atoms with Crippen molar-refractivity contribution in [3.63, 3.8) is 0 Å². The number of phenolic OH excluding ortho intramolecular Hbond substituents is 1. The van der Waals surface area contributed by atoms with Gasteiger partial charge < -0.3 is 20.1 Å². The van der Waals surface area contributed by atoms with Crippen molar-refractivity contribution < 1.29 is 48.8 Å². The van der Waals surface area contributed by atoms with E-state index in [4.69, 9.17) is 16.3 Å². The minimum Gasteiger partial charge on any atom is -0.505 e. The molecule has 0 unspecified atom stereocenters. The predicted octanol–water partition coefficient (Wildman–Crippen LogP) is 3.43. The number of nitrogens with one attached hydrogen (secondary N) is 1. The van der Waals surface area contributed by atoms with Crippen molar-refractivity contribution in [1.82, 2.24) is 15.0 Å². The van der Waals surface area contributed by atoms with Crippen LogP contribution in [0.2, 0.25) is 5.28 Å². The fourth-order valence-electron chi connectivity index (χ4n) is 4.44. The average Bonchev–Trinajstić information content (AvgIpc) is 2.95. The monoisotopic (exact) mass is 715 g/mol. The van der Waals surface area contributed by atoms with Gasteiger partial charge in [-0.2, -0.15) is 40.2 Å². The van der Waals surface area contributed by atoms with Gasteiger partial charge in [0, 0.05) is 18.5 Å². The number of halogens is 1. The molecule has 5 rings (SSSR count). The second kappa shape index (κ2) is 12.3. The smallest absolute Gasteiger partial charge is 0.296 e. The fourth-order valence-corrected chi connectivity index (χ4v) is 6.50. The van der Waals surface area contributed by atoms with Gasteiger partial charge in [0.25, 0.3) is 30.4 Å². The highest BCUT2D eigenvalue weighted by Gasteiger charge is 2.27. The number of aromatic nitrogens is 3. The molecule has 0 radical (unpaired) electrons. The summed E-state index contributed by atoms with van der Waals surface area (Å²) in [5.74, 6) is -1.12. The number of nitrogens with zero attached hydrogens (tertiary/aromatic N) is 6. The van der Waals surface area contributed by atoms with Gasteiger partial charge in [-0.1, -0.05) is 6.07 Å². The summed E-state index contributed by atoms with van der Waals surface area (Å²) >= 11 is 6.11. The van der Waals surface area contributed by atoms with Crippen molar-refractivity contribution in [3.05, 3.63) is 47.2 Å². The highest BCUT2D eigenvalue weighted by Crippen LogP contribution is 2.46. The van der Waals surface area contributed by atoms with E-state index in [2.05, 4.69) is 30.5 Å². The Labute approximate surface area is 266 Å². The van der Waals surface area contributed by atoms with E-state index >= 15 is 0 Å². The third kappa shape index (κ3) is 7.15. The van der Waals surface area contributed by atoms with Gasteiger partial charge in [-0.25, -0.2) is 0 Å². The molecule has 244 valence electrons. The maximum atomic E-state index is 12.4. The van der Waals surface area contributed by atoms with Crippen LogP contribution in [-0.2, 0) is 35.1 Å². The molecule has 46 heavy (non-hydrogen) atoms. The summed E-state index contributed by atoms with van der Waals surface area (Å²) in [6.45, 7) is 3.11. The van der Waals surface area contributed by atoms with Crippen LogP contribution in [0.4, 0.5) is 29.0 Å². The van der Waals surface area contributed by atoms with Crippen molar-refractivity contribution in [2.24, 2.45) is 10.2 Å². The predicted molar refractivity (Wildman–Crippen MR) is 162 cm³/mol. The summed E-state index contributed by atoms with van der Waals surface area (Å²) in [5.41, 5.74) is -1.25. The number of phenols is 1. The van der Waals surface area contributed by atoms with Gasteiger partial charge in [0.1, 0.15) is 21.2 Å². The molecule has 3 aromatic carbocycles. The normalized spacial score (nSPS) is 14.7. The van der Waals surface area contributed by atoms with Crippen LogP contribution in [0.3, 0.4) is 0 Å². The number of aromatic hydroxyl groups is 1. The SMILES string of the molecule is Cc1ccc(N=Nc2c(S(=O)(=O)O)cc3cc(S(=O)(=O)O)cc(Nc4nc(Cl)nc(N5CCOCC5)n4)c3c2O)c(S(=O)(=O)O)c1. The van der Waals surface area contributed by atoms with Crippen LogP contribution in [-0.4, -0.2) is 85.3 Å². The van der Waals surface area contributed by atoms with Crippen LogP contribution in [0.1, 0.15) is 5.56 Å². The van der Waals surface area contributed by atoms with Gasteiger partial charge in [0.15, 0.2) is 5.75 Å². The Morgan fingerprint density at radius 2 is 1.54 bits per heavy atom. The molecule has 0 saturated carbocycles. The van der Waals surface area contributed by atoms with Crippen molar-refractivity contribution in [1.29, 1.82) is 0 Å². The molecular weight excluding hydrogens is 694 g/mol. The number of fused-ring (bicyclic) bond motifs is 1. The molecule has 1 aromatic heterocycles. The van der Waals surface area contributed by atoms with Gasteiger partial charge in [-0.3, -0.25) is 13.7 Å². The number of ether oxygens (including phenoxy) is 1. The summed E-state index contributed by atoms with van der Waals surface area (Å²) in [6.07, 6.45) is 0. The molecule has 1 aliphatic rings. The van der Waals surface area contributed by atoms with E-state index in [-0.39, 0.29) is 33.6 Å². The summed E-state index contributed by atoms with van der Waals surface area (Å²) in [4.78, 5) is 11.5. The van der Waals surface area contributed by atoms with E-state index in [0.717, 1.165) is 30.3 Å². The molecule has 0 amide bonds. The van der Waals surface area contributed by atoms with Gasteiger partial charge in [0.2, 0.25) is 17.2 Å². The molecule has 1 fully saturated rings. The standard InChI is InChI=1S/C24H22ClN7O11S3/c1-12-2-3-15(17(8-12)45(37,38)39)30-31-20-18(46(40,41)42)10-13-9-14(44(34,35)36)11-16(19(13)21(20)33)26-23-27-22(25)28-24(29-23)32-4-6-43-7-5-32/h2-3,8-11,33H,4-7H2,1H3,(H,34,35,36)(H,37,38,39)(H,40,41,42)(H,26,27,28,29). The van der Waals surface area contributed by atoms with Crippen LogP contribution in [0.15, 0.2) is 61.3 Å². The van der Waals surface area contributed by atoms with E-state index < -0.39 is 62.2 Å². The van der Waals surface area contributed by atoms with Gasteiger partial charge in [-0.15, -0.1) is 10.2 Å². The first-order valence-electron chi connectivity index (χ1n) is 12.7. The van der Waals surface area contributed by atoms with Crippen LogP contribution >= 0.6 is 11.6 Å². The third-order valence-electron chi connectivity index (χ3n) is 6.49. The van der Waals surface area contributed by atoms with E-state index in [1.54, 1.807) is 4.90 Å². The molecule has 1 aliphatic heterocycles. The zero-order valence-electron chi connectivity index (χ0n) is 23.2. The van der Waals surface area contributed by atoms with Crippen molar-refractivity contribution in [2.45, 2.75) is 21.6 Å². The first-order chi connectivity index (χ1) is 21.4. The van der Waals surface area contributed by atoms with E-state index in [0.29, 0.717) is 31.9 Å². The first-order valence-corrected chi connectivity index (χ1v) is 17.4. The number of azo groups is 1. The van der Waals surface area contributed by atoms with Crippen LogP contribution < -0.4 is 10.2 Å². The molecule has 22 heteroatoms. The quantitative estimate of drug-likeness (QED) is 0.129. The van der Waals surface area contributed by atoms with Gasteiger partial charge in [0.05, 0.1) is 23.8 Å². The maximum absolute atomic E-state index is 12.4. The minimum absolute atomic E-state index is 0.126. The second-order valence-corrected chi connectivity index (χ2v) is 14.2. The number of anilines is 3. The summed E-state index contributed by atoms with van der Waals surface area (Å²) < 4.78 is 108. The zero-order valence-corrected chi connectivity index (χ0v) is 26.4. The molecule has 4 aromatic rings. The Balaban J connectivity index is 1.75. The lowest BCUT2D eigenvalue weighted by Crippen LogP contribution is -2.37. The molecule has 5 N–H and O–H groups in total. The second-order valence-electron chi connectivity index (χ2n) is 9.69. The number of rotatable bonds is 8. The van der Waals surface area contributed by atoms with Gasteiger partial charge in [-0.05, 0) is 59.8 Å².